The Morgan fingerprint density at radius 2 is 1.69 bits per heavy atom. The van der Waals surface area contributed by atoms with Crippen molar-refractivity contribution in [1.29, 1.82) is 0 Å². The Morgan fingerprint density at radius 3 is 2.40 bits per heavy atom. The molecule has 1 unspecified atom stereocenters. The second-order valence-electron chi connectivity index (χ2n) is 9.70. The molecule has 1 aliphatic rings. The van der Waals surface area contributed by atoms with Gasteiger partial charge in [0.2, 0.25) is 5.91 Å². The highest BCUT2D eigenvalue weighted by atomic mass is 19.2. The van der Waals surface area contributed by atoms with E-state index in [1.165, 1.54) is 11.9 Å². The average molecular weight is 484 g/mol. The number of unbranched alkanes of at least 4 members (excludes halogenated alkanes) is 1. The highest BCUT2D eigenvalue weighted by molar-refractivity contribution is 5.84. The first-order valence-corrected chi connectivity index (χ1v) is 12.5. The van der Waals surface area contributed by atoms with Crippen molar-refractivity contribution in [3.63, 3.8) is 0 Å². The molecule has 188 valence electrons. The van der Waals surface area contributed by atoms with E-state index in [1.54, 1.807) is 4.57 Å². The summed E-state index contributed by atoms with van der Waals surface area (Å²) in [5.41, 5.74) is 2.12. The monoisotopic (exact) mass is 483 g/mol. The largest absolute Gasteiger partial charge is 0.354 e. The van der Waals surface area contributed by atoms with E-state index in [0.717, 1.165) is 64.2 Å². The number of nitrogens with zero attached hydrogens (tertiary/aromatic N) is 4. The maximum atomic E-state index is 13.8. The van der Waals surface area contributed by atoms with Crippen LogP contribution in [0.2, 0.25) is 0 Å². The minimum atomic E-state index is -0.942. The normalized spacial score (nSPS) is 16.1. The minimum Gasteiger partial charge on any atom is -0.354 e. The van der Waals surface area contributed by atoms with Crippen molar-refractivity contribution in [2.24, 2.45) is 5.92 Å². The smallest absolute Gasteiger partial charge is 0.243 e. The molecule has 1 aliphatic heterocycles. The molecule has 6 nitrogen and oxygen atoms in total. The van der Waals surface area contributed by atoms with Gasteiger partial charge in [0, 0.05) is 51.4 Å². The predicted molar refractivity (Wildman–Crippen MR) is 134 cm³/mol. The van der Waals surface area contributed by atoms with E-state index in [4.69, 9.17) is 0 Å². The number of nitrogens with one attached hydrogen (secondary N) is 1. The Bertz CT molecular complexity index is 1110. The fraction of sp³-hybridized carbons (Fsp3) is 0.481. The molecule has 35 heavy (non-hydrogen) atoms. The first kappa shape index (κ1) is 25.3. The van der Waals surface area contributed by atoms with Crippen LogP contribution >= 0.6 is 0 Å². The van der Waals surface area contributed by atoms with Gasteiger partial charge in [0.15, 0.2) is 11.6 Å². The zero-order valence-electron chi connectivity index (χ0n) is 20.6. The lowest BCUT2D eigenvalue weighted by molar-refractivity contribution is -0.125. The van der Waals surface area contributed by atoms with Gasteiger partial charge in [0.25, 0.3) is 0 Å². The van der Waals surface area contributed by atoms with Crippen LogP contribution in [0, 0.1) is 17.6 Å². The lowest BCUT2D eigenvalue weighted by atomic mass is 10.0. The molecule has 0 spiro atoms. The molecular weight excluding hydrogens is 448 g/mol. The highest BCUT2D eigenvalue weighted by Crippen LogP contribution is 2.25. The van der Waals surface area contributed by atoms with Crippen LogP contribution in [0.3, 0.4) is 0 Å². The fourth-order valence-electron chi connectivity index (χ4n) is 4.78. The summed E-state index contributed by atoms with van der Waals surface area (Å²) in [5, 5.41) is 3.03. The maximum Gasteiger partial charge on any atom is 0.243 e. The highest BCUT2D eigenvalue weighted by Gasteiger charge is 2.26. The third-order valence-corrected chi connectivity index (χ3v) is 6.73. The Labute approximate surface area is 205 Å². The zero-order chi connectivity index (χ0) is 24.8. The number of amides is 1. The number of fused-ring (bicyclic) bond motifs is 1. The van der Waals surface area contributed by atoms with Crippen LogP contribution in [0.4, 0.5) is 8.78 Å². The number of hydrogen-bond donors (Lipinski definition) is 1. The van der Waals surface area contributed by atoms with Gasteiger partial charge in [-0.15, -0.1) is 0 Å². The molecule has 2 heterocycles. The fourth-order valence-corrected chi connectivity index (χ4v) is 4.78. The van der Waals surface area contributed by atoms with Gasteiger partial charge in [-0.25, -0.2) is 13.8 Å². The SMILES string of the molecule is CC(C)C(C(=O)NCCCCN1CCN(Cc2ccccc2)CC1)n1cnc2cc(F)c(F)cc21. The number of carbonyl (C=O) groups excluding carboxylic acids is 1. The van der Waals surface area contributed by atoms with Gasteiger partial charge >= 0.3 is 0 Å². The molecule has 2 aromatic carbocycles. The summed E-state index contributed by atoms with van der Waals surface area (Å²) in [5.74, 6) is -2.04. The van der Waals surface area contributed by atoms with E-state index in [0.29, 0.717) is 17.6 Å². The van der Waals surface area contributed by atoms with E-state index in [9.17, 15) is 13.6 Å². The van der Waals surface area contributed by atoms with Gasteiger partial charge in [-0.05, 0) is 30.9 Å². The molecule has 4 rings (SSSR count). The molecule has 0 saturated carbocycles. The lowest BCUT2D eigenvalue weighted by Crippen LogP contribution is -2.46. The topological polar surface area (TPSA) is 53.4 Å². The molecule has 0 radical (unpaired) electrons. The first-order valence-electron chi connectivity index (χ1n) is 12.5. The number of piperazine rings is 1. The van der Waals surface area contributed by atoms with Crippen molar-refractivity contribution >= 4 is 16.9 Å². The number of carbonyl (C=O) groups is 1. The molecule has 0 aliphatic carbocycles. The summed E-state index contributed by atoms with van der Waals surface area (Å²) in [6.45, 7) is 10.8. The molecule has 0 bridgehead atoms. The molecule has 1 N–H and O–H groups in total. The Hall–Kier alpha value is -2.84. The van der Waals surface area contributed by atoms with Crippen LogP contribution in [-0.2, 0) is 11.3 Å². The average Bonchev–Trinajstić information content (AvgIpc) is 3.22. The van der Waals surface area contributed by atoms with E-state index in [2.05, 4.69) is 50.4 Å². The van der Waals surface area contributed by atoms with Crippen LogP contribution in [0.5, 0.6) is 0 Å². The maximum absolute atomic E-state index is 13.8. The molecule has 1 aromatic heterocycles. The second-order valence-corrected chi connectivity index (χ2v) is 9.70. The number of imidazole rings is 1. The van der Waals surface area contributed by atoms with Crippen LogP contribution < -0.4 is 5.32 Å². The predicted octanol–water partition coefficient (Wildman–Crippen LogP) is 4.23. The third-order valence-electron chi connectivity index (χ3n) is 6.73. The van der Waals surface area contributed by atoms with Crippen molar-refractivity contribution < 1.29 is 13.6 Å². The van der Waals surface area contributed by atoms with Gasteiger partial charge in [-0.3, -0.25) is 9.69 Å². The van der Waals surface area contributed by atoms with Crippen LogP contribution in [-0.4, -0.2) is 64.5 Å². The van der Waals surface area contributed by atoms with Gasteiger partial charge in [-0.1, -0.05) is 44.2 Å². The van der Waals surface area contributed by atoms with Crippen molar-refractivity contribution in [2.45, 2.75) is 39.3 Å². The summed E-state index contributed by atoms with van der Waals surface area (Å²) >= 11 is 0. The summed E-state index contributed by atoms with van der Waals surface area (Å²) in [6, 6.07) is 12.2. The standard InChI is InChI=1S/C27H35F2N5O/c1-20(2)26(34-19-31-24-16-22(28)23(29)17-25(24)34)27(35)30-10-6-7-11-32-12-14-33(15-13-32)18-21-8-4-3-5-9-21/h3-5,8-9,16-17,19-20,26H,6-7,10-15,18H2,1-2H3,(H,30,35). The van der Waals surface area contributed by atoms with Gasteiger partial charge in [0.05, 0.1) is 17.4 Å². The molecule has 1 saturated heterocycles. The van der Waals surface area contributed by atoms with Gasteiger partial charge in [0.1, 0.15) is 6.04 Å². The molecule has 3 aromatic rings. The van der Waals surface area contributed by atoms with E-state index >= 15 is 0 Å². The van der Waals surface area contributed by atoms with Crippen molar-refractivity contribution in [2.75, 3.05) is 39.3 Å². The molecular formula is C27H35F2N5O. The Balaban J connectivity index is 1.20. The zero-order valence-corrected chi connectivity index (χ0v) is 20.6. The number of rotatable bonds is 10. The summed E-state index contributed by atoms with van der Waals surface area (Å²) in [6.07, 6.45) is 3.40. The quantitative estimate of drug-likeness (QED) is 0.439. The van der Waals surface area contributed by atoms with Crippen molar-refractivity contribution in [3.8, 4) is 0 Å². The van der Waals surface area contributed by atoms with Crippen LogP contribution in [0.15, 0.2) is 48.8 Å². The van der Waals surface area contributed by atoms with Gasteiger partial charge in [-0.2, -0.15) is 0 Å². The number of hydrogen-bond acceptors (Lipinski definition) is 4. The van der Waals surface area contributed by atoms with E-state index in [-0.39, 0.29) is 11.8 Å². The molecule has 8 heteroatoms. The first-order chi connectivity index (χ1) is 16.9. The molecule has 1 atom stereocenters. The third kappa shape index (κ3) is 6.44. The van der Waals surface area contributed by atoms with Gasteiger partial charge < -0.3 is 14.8 Å². The number of halogens is 2. The Kier molecular flexibility index (Phi) is 8.46. The van der Waals surface area contributed by atoms with Crippen LogP contribution in [0.25, 0.3) is 11.0 Å². The number of aromatic nitrogens is 2. The second kappa shape index (κ2) is 11.7. The lowest BCUT2D eigenvalue weighted by Gasteiger charge is -2.34. The van der Waals surface area contributed by atoms with Crippen molar-refractivity contribution in [3.05, 3.63) is 66.0 Å². The summed E-state index contributed by atoms with van der Waals surface area (Å²) < 4.78 is 29.0. The Morgan fingerprint density at radius 1 is 1.00 bits per heavy atom. The summed E-state index contributed by atoms with van der Waals surface area (Å²) in [4.78, 5) is 22.1. The molecule has 1 fully saturated rings. The summed E-state index contributed by atoms with van der Waals surface area (Å²) in [7, 11) is 0. The van der Waals surface area contributed by atoms with E-state index in [1.807, 2.05) is 13.8 Å². The number of benzene rings is 2. The van der Waals surface area contributed by atoms with E-state index < -0.39 is 17.7 Å². The van der Waals surface area contributed by atoms with Crippen molar-refractivity contribution in [1.82, 2.24) is 24.7 Å². The van der Waals surface area contributed by atoms with Crippen LogP contribution in [0.1, 0.15) is 38.3 Å². The minimum absolute atomic E-state index is 0.0345. The molecule has 1 amide bonds.